The van der Waals surface area contributed by atoms with Gasteiger partial charge in [0, 0.05) is 0 Å². The van der Waals surface area contributed by atoms with Crippen molar-refractivity contribution >= 4 is 14.1 Å². The SMILES string of the molecule is CC(C)[CH2][Al]([CH]1CCCCC1)[CH]1CCCCC1. The Balaban J connectivity index is 1.95. The number of rotatable bonds is 4. The maximum Gasteiger partial charge on any atom is 0.269 e. The summed E-state index contributed by atoms with van der Waals surface area (Å²) in [5.41, 5.74) is 0. The molecule has 2 rings (SSSR count). The predicted molar refractivity (Wildman–Crippen MR) is 79.1 cm³/mol. The van der Waals surface area contributed by atoms with Crippen molar-refractivity contribution in [3.05, 3.63) is 0 Å². The second-order valence-corrected chi connectivity index (χ2v) is 10.8. The fraction of sp³-hybridized carbons (Fsp3) is 1.00. The smallest absolute Gasteiger partial charge is 0.0912 e. The highest BCUT2D eigenvalue weighted by Crippen LogP contribution is 2.43. The standard InChI is InChI=1S/2C6H11.C4H9.Al/c2*1-2-4-6-5-3-1;1-4(2)3;/h2*1H,2-6H2;4H,1H2,2-3H3;. The van der Waals surface area contributed by atoms with E-state index in [4.69, 9.17) is 0 Å². The first-order chi connectivity index (χ1) is 8.27. The van der Waals surface area contributed by atoms with Gasteiger partial charge < -0.3 is 0 Å². The van der Waals surface area contributed by atoms with Crippen LogP contribution >= 0.6 is 0 Å². The van der Waals surface area contributed by atoms with E-state index in [1.807, 2.05) is 0 Å². The van der Waals surface area contributed by atoms with Crippen molar-refractivity contribution in [2.24, 2.45) is 5.92 Å². The molecule has 0 nitrogen and oxygen atoms in total. The molecule has 2 fully saturated rings. The monoisotopic (exact) mass is 250 g/mol. The summed E-state index contributed by atoms with van der Waals surface area (Å²) in [6.45, 7) is 4.93. The van der Waals surface area contributed by atoms with Crippen LogP contribution in [-0.2, 0) is 0 Å². The first-order valence-corrected chi connectivity index (χ1v) is 10.4. The molecule has 0 aromatic carbocycles. The van der Waals surface area contributed by atoms with E-state index in [2.05, 4.69) is 13.8 Å². The van der Waals surface area contributed by atoms with E-state index in [1.54, 1.807) is 56.6 Å². The number of hydrogen-bond donors (Lipinski definition) is 0. The zero-order valence-corrected chi connectivity index (χ0v) is 13.2. The molecule has 0 heterocycles. The Hall–Kier alpha value is 0.532. The van der Waals surface area contributed by atoms with Crippen LogP contribution in [0.4, 0.5) is 0 Å². The van der Waals surface area contributed by atoms with Crippen LogP contribution in [0.25, 0.3) is 0 Å². The number of hydrogen-bond acceptors (Lipinski definition) is 0. The summed E-state index contributed by atoms with van der Waals surface area (Å²) >= 11 is -0.454. The summed E-state index contributed by atoms with van der Waals surface area (Å²) in [7, 11) is 0. The molecule has 0 radical (unpaired) electrons. The molecule has 0 saturated heterocycles. The van der Waals surface area contributed by atoms with Crippen molar-refractivity contribution in [1.82, 2.24) is 0 Å². The first-order valence-electron chi connectivity index (χ1n) is 8.27. The second-order valence-electron chi connectivity index (χ2n) is 7.09. The van der Waals surface area contributed by atoms with Gasteiger partial charge in [-0.3, -0.25) is 0 Å². The Kier molecular flexibility index (Phi) is 5.91. The molecule has 0 atom stereocenters. The van der Waals surface area contributed by atoms with Gasteiger partial charge in [-0.2, -0.15) is 0 Å². The van der Waals surface area contributed by atoms with Gasteiger partial charge in [0.05, 0.1) is 0 Å². The van der Waals surface area contributed by atoms with Crippen LogP contribution in [0.1, 0.15) is 78.1 Å². The Bertz CT molecular complexity index is 182. The minimum absolute atomic E-state index is 0.454. The summed E-state index contributed by atoms with van der Waals surface area (Å²) in [4.78, 5) is 0. The average Bonchev–Trinajstić information content (AvgIpc) is 2.38. The van der Waals surface area contributed by atoms with E-state index in [9.17, 15) is 0 Å². The molecule has 98 valence electrons. The topological polar surface area (TPSA) is 0 Å². The predicted octanol–water partition coefficient (Wildman–Crippen LogP) is 5.81. The van der Waals surface area contributed by atoms with Crippen molar-refractivity contribution in [1.29, 1.82) is 0 Å². The van der Waals surface area contributed by atoms with Gasteiger partial charge in [-0.05, 0) is 0 Å². The maximum absolute atomic E-state index is 2.46. The van der Waals surface area contributed by atoms with E-state index in [-0.39, 0.29) is 0 Å². The zero-order chi connectivity index (χ0) is 12.1. The summed E-state index contributed by atoms with van der Waals surface area (Å²) in [6, 6.07) is 0. The van der Waals surface area contributed by atoms with E-state index in [1.165, 1.54) is 22.4 Å². The third-order valence-corrected chi connectivity index (χ3v) is 10.5. The quantitative estimate of drug-likeness (QED) is 0.553. The molecular formula is C16H31Al. The van der Waals surface area contributed by atoms with Crippen LogP contribution in [-0.4, -0.2) is 14.1 Å². The molecule has 1 heteroatoms. The third kappa shape index (κ3) is 4.29. The zero-order valence-electron chi connectivity index (χ0n) is 12.1. The first kappa shape index (κ1) is 14.0. The van der Waals surface area contributed by atoms with Gasteiger partial charge in [0.15, 0.2) is 0 Å². The summed E-state index contributed by atoms with van der Waals surface area (Å²) in [5.74, 6) is 0.968. The summed E-state index contributed by atoms with van der Waals surface area (Å²) in [5, 5.41) is 1.65. The van der Waals surface area contributed by atoms with Crippen molar-refractivity contribution < 1.29 is 0 Å². The van der Waals surface area contributed by atoms with Gasteiger partial charge in [-0.25, -0.2) is 0 Å². The van der Waals surface area contributed by atoms with Crippen molar-refractivity contribution in [2.75, 3.05) is 0 Å². The summed E-state index contributed by atoms with van der Waals surface area (Å²) < 4.78 is 2.46. The minimum atomic E-state index is -0.454. The molecule has 0 amide bonds. The van der Waals surface area contributed by atoms with E-state index >= 15 is 0 Å². The highest BCUT2D eigenvalue weighted by Gasteiger charge is 2.36. The van der Waals surface area contributed by atoms with Crippen molar-refractivity contribution in [3.63, 3.8) is 0 Å². The molecule has 0 unspecified atom stereocenters. The lowest BCUT2D eigenvalue weighted by Gasteiger charge is -2.35. The third-order valence-electron chi connectivity index (χ3n) is 5.25. The Morgan fingerprint density at radius 2 is 1.18 bits per heavy atom. The molecule has 2 saturated carbocycles. The van der Waals surface area contributed by atoms with Crippen LogP contribution in [0.15, 0.2) is 0 Å². The molecule has 0 N–H and O–H groups in total. The van der Waals surface area contributed by atoms with Gasteiger partial charge in [-0.1, -0.05) is 98.8 Å². The van der Waals surface area contributed by atoms with E-state index in [0.717, 1.165) is 5.92 Å². The molecule has 0 aliphatic heterocycles. The lowest BCUT2D eigenvalue weighted by molar-refractivity contribution is 0.456. The lowest BCUT2D eigenvalue weighted by atomic mass is 9.99. The average molecular weight is 250 g/mol. The Morgan fingerprint density at radius 3 is 1.53 bits per heavy atom. The molecule has 0 aromatic rings. The normalized spacial score (nSPS) is 24.2. The largest absolute Gasteiger partial charge is 0.269 e. The molecule has 2 aliphatic rings. The van der Waals surface area contributed by atoms with Gasteiger partial charge in [0.25, 0.3) is 14.1 Å². The lowest BCUT2D eigenvalue weighted by Crippen LogP contribution is -2.31. The second kappa shape index (κ2) is 7.20. The van der Waals surface area contributed by atoms with E-state index in [0.29, 0.717) is 0 Å². The minimum Gasteiger partial charge on any atom is -0.0912 e. The van der Waals surface area contributed by atoms with Crippen LogP contribution in [0.3, 0.4) is 0 Å². The van der Waals surface area contributed by atoms with Gasteiger partial charge in [0.2, 0.25) is 0 Å². The van der Waals surface area contributed by atoms with Crippen molar-refractivity contribution in [2.45, 2.75) is 92.9 Å². The van der Waals surface area contributed by atoms with Crippen LogP contribution < -0.4 is 0 Å². The van der Waals surface area contributed by atoms with Crippen LogP contribution in [0.2, 0.25) is 14.8 Å². The fourth-order valence-electron chi connectivity index (χ4n) is 4.44. The molecule has 0 aromatic heterocycles. The highest BCUT2D eigenvalue weighted by atomic mass is 27.2. The molecule has 2 aliphatic carbocycles. The maximum atomic E-state index is 2.46. The summed E-state index contributed by atoms with van der Waals surface area (Å²) in [6.07, 6.45) is 15.7. The highest BCUT2D eigenvalue weighted by molar-refractivity contribution is 6.62. The van der Waals surface area contributed by atoms with Gasteiger partial charge in [0.1, 0.15) is 0 Å². The van der Waals surface area contributed by atoms with Gasteiger partial charge in [-0.15, -0.1) is 0 Å². The van der Waals surface area contributed by atoms with Gasteiger partial charge >= 0.3 is 0 Å². The fourth-order valence-corrected chi connectivity index (χ4v) is 9.72. The Morgan fingerprint density at radius 1 is 0.765 bits per heavy atom. The van der Waals surface area contributed by atoms with Crippen LogP contribution in [0, 0.1) is 5.92 Å². The molecular weight excluding hydrogens is 219 g/mol. The van der Waals surface area contributed by atoms with Crippen LogP contribution in [0.5, 0.6) is 0 Å². The molecule has 0 bridgehead atoms. The molecule has 0 spiro atoms. The molecule has 17 heavy (non-hydrogen) atoms. The van der Waals surface area contributed by atoms with Crippen molar-refractivity contribution in [3.8, 4) is 0 Å². The van der Waals surface area contributed by atoms with E-state index < -0.39 is 14.1 Å². The Labute approximate surface area is 113 Å².